The third-order valence-electron chi connectivity index (χ3n) is 0. The zero-order valence-corrected chi connectivity index (χ0v) is 6.99. The fraction of sp³-hybridized carbons (Fsp3) is 0. The summed E-state index contributed by atoms with van der Waals surface area (Å²) in [6.07, 6.45) is 0. The molecule has 0 spiro atoms. The Kier molecular flexibility index (Phi) is 77.7. The molecule has 4 heavy (non-hydrogen) atoms. The first-order chi connectivity index (χ1) is 1.00. The number of thiol groups is 2. The van der Waals surface area contributed by atoms with Gasteiger partial charge in [-0.3, -0.25) is 0 Å². The van der Waals surface area contributed by atoms with Crippen molar-refractivity contribution in [2.24, 2.45) is 0 Å². The summed E-state index contributed by atoms with van der Waals surface area (Å²) in [6, 6.07) is 0. The summed E-state index contributed by atoms with van der Waals surface area (Å²) in [5.41, 5.74) is 0. The zero-order valence-electron chi connectivity index (χ0n) is 3.21. The van der Waals surface area contributed by atoms with Crippen molar-refractivity contribution in [2.45, 2.75) is 0 Å². The van der Waals surface area contributed by atoms with Gasteiger partial charge < -0.3 is 1.43 Å². The normalized spacial score (nSPS) is 1.50. The van der Waals surface area contributed by atoms with Crippen molar-refractivity contribution in [1.29, 1.82) is 0 Å². The van der Waals surface area contributed by atoms with Gasteiger partial charge in [-0.2, -0.15) is 0 Å². The molecule has 0 unspecified atom stereocenters. The van der Waals surface area contributed by atoms with E-state index in [1.165, 1.54) is 0 Å². The molecule has 0 bridgehead atoms. The van der Waals surface area contributed by atoms with Gasteiger partial charge in [-0.05, 0) is 0 Å². The molecule has 0 aromatic heterocycles. The first-order valence-electron chi connectivity index (χ1n) is 0.200. The molecule has 0 radical (unpaired) electrons. The molecule has 0 N–H and O–H groups in total. The monoisotopic (exact) mass is 148 g/mol. The second-order valence-corrected chi connectivity index (χ2v) is 0. The van der Waals surface area contributed by atoms with Gasteiger partial charge in [0.2, 0.25) is 0 Å². The maximum Gasteiger partial charge on any atom is 1.00 e. The van der Waals surface area contributed by atoms with Gasteiger partial charge in [0, 0.05) is 16.5 Å². The minimum Gasteiger partial charge on any atom is -1.00 e. The van der Waals surface area contributed by atoms with Crippen LogP contribution in [-0.2, 0) is 16.5 Å². The molecule has 0 aliphatic rings. The number of hydrogen-bond acceptors (Lipinski definition) is 2. The molecule has 0 heterocycles. The van der Waals surface area contributed by atoms with Gasteiger partial charge in [-0.15, -0.1) is 23.3 Å². The topological polar surface area (TPSA) is 0 Å². The first kappa shape index (κ1) is 16.4. The van der Waals surface area contributed by atoms with E-state index in [9.17, 15) is 0 Å². The summed E-state index contributed by atoms with van der Waals surface area (Å²) < 4.78 is 0. The maximum atomic E-state index is 3.22. The van der Waals surface area contributed by atoms with Crippen molar-refractivity contribution in [3.8, 4) is 0 Å². The van der Waals surface area contributed by atoms with Crippen LogP contribution in [0, 0.1) is 0 Å². The molecule has 0 fully saturated rings. The molecule has 26 valence electrons. The van der Waals surface area contributed by atoms with E-state index >= 15 is 0 Å². The second-order valence-electron chi connectivity index (χ2n) is 0. The van der Waals surface area contributed by atoms with Gasteiger partial charge in [0.15, 0.2) is 0 Å². The van der Waals surface area contributed by atoms with Crippen molar-refractivity contribution in [2.75, 3.05) is 0 Å². The van der Waals surface area contributed by atoms with Gasteiger partial charge >= 0.3 is 29.6 Å². The average Bonchev–Trinajstić information content (AvgIpc) is 1.00. The third-order valence-corrected chi connectivity index (χ3v) is 0. The Balaban J connectivity index is -0.00000000167. The van der Waals surface area contributed by atoms with Crippen molar-refractivity contribution in [3.63, 3.8) is 0 Å². The molecule has 0 nitrogen and oxygen atoms in total. The van der Waals surface area contributed by atoms with Crippen LogP contribution in [0.4, 0.5) is 0 Å². The summed E-state index contributed by atoms with van der Waals surface area (Å²) in [5.74, 6) is 0. The molecule has 0 saturated heterocycles. The van der Waals surface area contributed by atoms with Crippen LogP contribution in [0.25, 0.3) is 0 Å². The summed E-state index contributed by atoms with van der Waals surface area (Å²) >= 11 is 6.44. The van der Waals surface area contributed by atoms with Gasteiger partial charge in [0.1, 0.15) is 0 Å². The molecule has 0 aliphatic heterocycles. The summed E-state index contributed by atoms with van der Waals surface area (Å²) in [7, 11) is 0. The van der Waals surface area contributed by atoms with Gasteiger partial charge in [0.25, 0.3) is 0 Å². The molecule has 0 rings (SSSR count). The van der Waals surface area contributed by atoms with Crippen LogP contribution in [0.3, 0.4) is 0 Å². The van der Waals surface area contributed by atoms with Crippen LogP contribution in [-0.4, -0.2) is 0 Å². The Hall–Kier alpha value is 2.19. The molecule has 0 aromatic carbocycles. The molecule has 0 aromatic rings. The molecular weight excluding hydrogens is 146 g/mol. The average molecular weight is 149 g/mol. The van der Waals surface area contributed by atoms with E-state index in [1.54, 1.807) is 0 Å². The SMILES string of the molecule is SS.[H-].[Na+].[Ni]. The van der Waals surface area contributed by atoms with E-state index < -0.39 is 0 Å². The predicted molar refractivity (Wildman–Crippen MR) is 19.1 cm³/mol. The fourth-order valence-electron chi connectivity index (χ4n) is 0. The van der Waals surface area contributed by atoms with E-state index in [0.717, 1.165) is 0 Å². The fourth-order valence-corrected chi connectivity index (χ4v) is 0. The first-order valence-corrected chi connectivity index (χ1v) is 1.80. The third kappa shape index (κ3) is 8.89. The van der Waals surface area contributed by atoms with Crippen molar-refractivity contribution in [3.05, 3.63) is 0 Å². The van der Waals surface area contributed by atoms with Gasteiger partial charge in [0.05, 0.1) is 0 Å². The maximum absolute atomic E-state index is 3.22. The van der Waals surface area contributed by atoms with Crippen LogP contribution in [0.1, 0.15) is 1.43 Å². The molecule has 4 heteroatoms. The van der Waals surface area contributed by atoms with Crippen LogP contribution < -0.4 is 29.6 Å². The second kappa shape index (κ2) is 19.0. The zero-order chi connectivity index (χ0) is 2.00. The summed E-state index contributed by atoms with van der Waals surface area (Å²) in [6.45, 7) is 0. The largest absolute Gasteiger partial charge is 1.00 e. The van der Waals surface area contributed by atoms with E-state index in [0.29, 0.717) is 0 Å². The molecular formula is H3NaNiS2. The Morgan fingerprint density at radius 3 is 1.25 bits per heavy atom. The van der Waals surface area contributed by atoms with Crippen LogP contribution in [0.15, 0.2) is 0 Å². The number of rotatable bonds is 0. The quantitative estimate of drug-likeness (QED) is 0.219. The Labute approximate surface area is 70.0 Å². The molecule has 0 atom stereocenters. The standard InChI is InChI=1S/Na.Ni.H2S2.H/c;;1-2;/h;;1-2H;/q+1;;;-1. The number of hydrogen-bond donors (Lipinski definition) is 2. The summed E-state index contributed by atoms with van der Waals surface area (Å²) in [5, 5.41) is 0. The van der Waals surface area contributed by atoms with E-state index in [4.69, 9.17) is 0 Å². The minimum absolute atomic E-state index is 0. The molecule has 0 saturated carbocycles. The van der Waals surface area contributed by atoms with E-state index in [2.05, 4.69) is 23.3 Å². The molecule has 0 aliphatic carbocycles. The minimum atomic E-state index is 0. The van der Waals surface area contributed by atoms with Crippen molar-refractivity contribution < 1.29 is 47.5 Å². The van der Waals surface area contributed by atoms with E-state index in [-0.39, 0.29) is 47.5 Å². The summed E-state index contributed by atoms with van der Waals surface area (Å²) in [4.78, 5) is 0. The van der Waals surface area contributed by atoms with Crippen LogP contribution in [0.2, 0.25) is 0 Å². The van der Waals surface area contributed by atoms with Crippen molar-refractivity contribution in [1.82, 2.24) is 0 Å². The Morgan fingerprint density at radius 1 is 1.25 bits per heavy atom. The van der Waals surface area contributed by atoms with Crippen molar-refractivity contribution >= 4 is 23.3 Å². The van der Waals surface area contributed by atoms with Crippen LogP contribution in [0.5, 0.6) is 0 Å². The van der Waals surface area contributed by atoms with Crippen LogP contribution >= 0.6 is 23.3 Å². The predicted octanol–water partition coefficient (Wildman–Crippen LogP) is -2.12. The Bertz CT molecular complexity index is 9.61. The Morgan fingerprint density at radius 2 is 1.25 bits per heavy atom. The van der Waals surface area contributed by atoms with E-state index in [1.807, 2.05) is 0 Å². The molecule has 0 amide bonds. The van der Waals surface area contributed by atoms with Gasteiger partial charge in [-0.1, -0.05) is 0 Å². The smallest absolute Gasteiger partial charge is 1.00 e. The van der Waals surface area contributed by atoms with Gasteiger partial charge in [-0.25, -0.2) is 0 Å².